The molecule has 55 heavy (non-hydrogen) atoms. The van der Waals surface area contributed by atoms with E-state index >= 15 is 0 Å². The molecule has 29 heteroatoms. The van der Waals surface area contributed by atoms with Gasteiger partial charge in [-0.2, -0.15) is 0 Å². The maximum atomic E-state index is 13.7. The maximum Gasteiger partial charge on any atom is 1.00 e. The van der Waals surface area contributed by atoms with Crippen molar-refractivity contribution in [2.24, 2.45) is 5.73 Å². The second-order valence-electron chi connectivity index (χ2n) is 11.1. The van der Waals surface area contributed by atoms with Crippen LogP contribution in [-0.2, 0) is 39.9 Å². The van der Waals surface area contributed by atoms with Gasteiger partial charge in [-0.1, -0.05) is 23.9 Å². The quantitative estimate of drug-likeness (QED) is 0.0445. The fourth-order valence-corrected chi connectivity index (χ4v) is 7.94. The molecule has 0 bridgehead atoms. The van der Waals surface area contributed by atoms with Crippen LogP contribution in [0.3, 0.4) is 0 Å². The first-order valence-electron chi connectivity index (χ1n) is 14.9. The zero-order valence-electron chi connectivity index (χ0n) is 28.7. The summed E-state index contributed by atoms with van der Waals surface area (Å²) >= 11 is 1.90. The summed E-state index contributed by atoms with van der Waals surface area (Å²) in [5.41, 5.74) is 5.28. The van der Waals surface area contributed by atoms with Gasteiger partial charge in [0.25, 0.3) is 5.91 Å². The van der Waals surface area contributed by atoms with Crippen LogP contribution in [0, 0.1) is 0 Å². The Kier molecular flexibility index (Phi) is 16.3. The third-order valence-electron chi connectivity index (χ3n) is 7.53. The van der Waals surface area contributed by atoms with E-state index < -0.39 is 93.7 Å². The number of anilines is 1. The molecule has 2 aromatic rings. The van der Waals surface area contributed by atoms with Crippen molar-refractivity contribution < 1.29 is 121 Å². The third kappa shape index (κ3) is 11.3. The zero-order chi connectivity index (χ0) is 38.6. The molecule has 0 saturated carbocycles. The van der Waals surface area contributed by atoms with Crippen molar-refractivity contribution in [2.75, 3.05) is 36.5 Å². The summed E-state index contributed by atoms with van der Waals surface area (Å²) in [5, 5.41) is 40.1. The predicted molar refractivity (Wildman–Crippen MR) is 174 cm³/mol. The van der Waals surface area contributed by atoms with E-state index in [1.807, 2.05) is 0 Å². The number of carboxylic acids is 2. The van der Waals surface area contributed by atoms with Gasteiger partial charge in [-0.3, -0.25) is 24.6 Å². The number of ether oxygens (including phenoxy) is 1. The first-order valence-corrected chi connectivity index (χ1v) is 18.5. The van der Waals surface area contributed by atoms with Crippen molar-refractivity contribution in [1.29, 1.82) is 0 Å². The molecule has 2 saturated heterocycles. The molecule has 3 aliphatic heterocycles. The van der Waals surface area contributed by atoms with Crippen LogP contribution in [0.15, 0.2) is 40.7 Å². The van der Waals surface area contributed by atoms with Crippen LogP contribution in [0.4, 0.5) is 20.1 Å². The van der Waals surface area contributed by atoms with Crippen LogP contribution in [0.1, 0.15) is 11.6 Å². The number of hydrogen-bond acceptors (Lipinski definition) is 18. The largest absolute Gasteiger partial charge is 1.00 e. The van der Waals surface area contributed by atoms with Crippen LogP contribution in [-0.4, -0.2) is 139 Å². The summed E-state index contributed by atoms with van der Waals surface area (Å²) < 4.78 is 38.9. The van der Waals surface area contributed by atoms with Gasteiger partial charge in [-0.25, -0.2) is 32.4 Å². The number of carbonyl (C=O) groups excluding carboxylic acids is 6. The van der Waals surface area contributed by atoms with Crippen LogP contribution < -0.4 is 91.2 Å². The normalized spacial score (nSPS) is 18.7. The van der Waals surface area contributed by atoms with Gasteiger partial charge in [0.1, 0.15) is 46.1 Å². The Hall–Kier alpha value is -3.51. The number of tetrazole rings is 1. The van der Waals surface area contributed by atoms with Crippen molar-refractivity contribution in [3.63, 3.8) is 0 Å². The number of carbonyl (C=O) groups is 7. The Bertz CT molecular complexity index is 1990. The van der Waals surface area contributed by atoms with E-state index in [1.165, 1.54) is 24.3 Å². The number of aromatic nitrogens is 4. The molecular weight excluding hydrogens is 817 g/mol. The Morgan fingerprint density at radius 1 is 1.16 bits per heavy atom. The maximum absolute atomic E-state index is 13.7. The molecule has 7 N–H and O–H groups in total. The molecule has 4 atom stereocenters. The average molecular weight is 844 g/mol. The summed E-state index contributed by atoms with van der Waals surface area (Å²) in [6.07, 6.45) is -1.03. The van der Waals surface area contributed by atoms with E-state index in [-0.39, 0.29) is 106 Å². The van der Waals surface area contributed by atoms with Crippen molar-refractivity contribution >= 4 is 81.2 Å². The molecule has 2 fully saturated rings. The number of amides is 7. The molecule has 5 rings (SSSR count). The molecule has 0 radical (unpaired) electrons. The molecule has 1 aromatic carbocycles. The molecule has 0 spiro atoms. The Labute approximate surface area is 362 Å². The Morgan fingerprint density at radius 2 is 1.85 bits per heavy atom. The first kappa shape index (κ1) is 45.9. The van der Waals surface area contributed by atoms with E-state index in [4.69, 9.17) is 15.6 Å². The number of thioether (sulfide) groups is 2. The Balaban J connectivity index is 0.00000406. The van der Waals surface area contributed by atoms with Crippen LogP contribution in [0.25, 0.3) is 0 Å². The molecule has 24 nitrogen and oxygen atoms in total. The number of rotatable bonds is 14. The summed E-state index contributed by atoms with van der Waals surface area (Å²) in [6.45, 7) is -0.458. The number of fused-ring (bicyclic) bond motifs is 1. The summed E-state index contributed by atoms with van der Waals surface area (Å²) in [4.78, 5) is 89.0. The van der Waals surface area contributed by atoms with Crippen LogP contribution in [0.5, 0.6) is 0 Å². The fraction of sp³-hybridized carbons (Fsp3) is 0.385. The number of benzene rings is 1. The molecule has 284 valence electrons. The van der Waals surface area contributed by atoms with Gasteiger partial charge < -0.3 is 46.0 Å². The van der Waals surface area contributed by atoms with Crippen molar-refractivity contribution in [1.82, 2.24) is 46.0 Å². The molecule has 0 unspecified atom stereocenters. The Morgan fingerprint density at radius 3 is 2.45 bits per heavy atom. The smallest absolute Gasteiger partial charge is 0.747 e. The molecule has 3 aliphatic rings. The van der Waals surface area contributed by atoms with E-state index in [2.05, 4.69) is 36.8 Å². The zero-order valence-corrected chi connectivity index (χ0v) is 35.1. The van der Waals surface area contributed by atoms with Gasteiger partial charge in [-0.05, 0) is 33.7 Å². The average Bonchev–Trinajstić information content (AvgIpc) is 3.74. The molecule has 4 heterocycles. The minimum atomic E-state index is -4.75. The minimum Gasteiger partial charge on any atom is -0.747 e. The molecule has 0 aliphatic carbocycles. The SMILES string of the molecule is N[C@H](COC(=O)Nc1ccc([C@@H](NC(=O)N2CCNC2=O)C(=O)N[C@@H]2C(=O)N3C(C(=O)[O-])=C(CSc4nnnn4CS(=O)(=O)[O-])CS[C@@H]23)cc1)C(=O)O.[Na+].[Na+]. The number of nitrogens with two attached hydrogens (primary N) is 1. The summed E-state index contributed by atoms with van der Waals surface area (Å²) in [6, 6.07) is -0.587. The number of aliphatic carboxylic acids is 2. The summed E-state index contributed by atoms with van der Waals surface area (Å²) in [7, 11) is -4.75. The van der Waals surface area contributed by atoms with Gasteiger partial charge in [-0.15, -0.1) is 16.9 Å². The van der Waals surface area contributed by atoms with Crippen molar-refractivity contribution in [3.05, 3.63) is 41.1 Å². The van der Waals surface area contributed by atoms with Crippen LogP contribution in [0.2, 0.25) is 0 Å². The summed E-state index contributed by atoms with van der Waals surface area (Å²) in [5.74, 6) is -6.02. The number of imide groups is 1. The number of carboxylic acid groups (broad SMARTS) is 2. The second kappa shape index (κ2) is 19.6. The molecule has 7 amide bonds. The standard InChI is InChI=1S/C26H29N11O13S3.2Na/c27-14(21(40)41)7-50-26(46)29-13-3-1-11(2-4-13)15(31-24(45)35-6-5-28-23(35)44)18(38)30-16-19(39)37-17(22(42)43)12(8-51-20(16)37)9-52-25-32-33-34-36(25)10-53(47,48)49;;/h1-4,14-16,20H,5-10,27H2,(H,28,44)(H,29,46)(H,30,38)(H,31,45)(H,40,41)(H,42,43)(H,47,48,49);;/q;2*+1/p-2/t14-,15-,16-,20+;;/m1../s1. The van der Waals surface area contributed by atoms with Crippen LogP contribution >= 0.6 is 23.5 Å². The number of nitrogens with zero attached hydrogens (tertiary/aromatic N) is 6. The van der Waals surface area contributed by atoms with Gasteiger partial charge in [0.2, 0.25) is 11.1 Å². The van der Waals surface area contributed by atoms with Gasteiger partial charge >= 0.3 is 83.2 Å². The third-order valence-corrected chi connectivity index (χ3v) is 10.5. The molecule has 1 aromatic heterocycles. The monoisotopic (exact) mass is 843 g/mol. The number of nitrogens with one attached hydrogen (secondary N) is 4. The number of urea groups is 2. The molecular formula is C26H27N11Na2O13S3. The fourth-order valence-electron chi connectivity index (χ4n) is 5.02. The van der Waals surface area contributed by atoms with Gasteiger partial charge in [0.15, 0.2) is 0 Å². The second-order valence-corrected chi connectivity index (χ2v) is 14.5. The van der Waals surface area contributed by atoms with E-state index in [9.17, 15) is 51.6 Å². The van der Waals surface area contributed by atoms with E-state index in [1.54, 1.807) is 0 Å². The van der Waals surface area contributed by atoms with Crippen molar-refractivity contribution in [2.45, 2.75) is 34.5 Å². The first-order chi connectivity index (χ1) is 25.0. The van der Waals surface area contributed by atoms with Gasteiger partial charge in [0.05, 0.1) is 11.7 Å². The number of β-lactam (4-membered cyclic amide) rings is 1. The van der Waals surface area contributed by atoms with Gasteiger partial charge in [0, 0.05) is 30.3 Å². The minimum absolute atomic E-state index is 0. The topological polar surface area (TPSA) is 353 Å². The van der Waals surface area contributed by atoms with Crippen molar-refractivity contribution in [3.8, 4) is 0 Å². The van der Waals surface area contributed by atoms with E-state index in [0.29, 0.717) is 0 Å². The van der Waals surface area contributed by atoms with E-state index in [0.717, 1.165) is 38.0 Å². The number of hydrogen-bond donors (Lipinski definition) is 6. The predicted octanol–water partition coefficient (Wildman–Crippen LogP) is -9.88.